The first-order valence-corrected chi connectivity index (χ1v) is 11.0. The summed E-state index contributed by atoms with van der Waals surface area (Å²) in [6, 6.07) is 7.87. The molecule has 1 unspecified atom stereocenters. The van der Waals surface area contributed by atoms with Crippen LogP contribution in [0.2, 0.25) is 0 Å². The summed E-state index contributed by atoms with van der Waals surface area (Å²) < 4.78 is 5.55. The summed E-state index contributed by atoms with van der Waals surface area (Å²) >= 11 is 0. The Hall–Kier alpha value is -3.07. The molecule has 0 spiro atoms. The van der Waals surface area contributed by atoms with Crippen molar-refractivity contribution in [2.24, 2.45) is 0 Å². The molecule has 5 heterocycles. The lowest BCUT2D eigenvalue weighted by atomic mass is 9.97. The topological polar surface area (TPSA) is 104 Å². The molecule has 0 bridgehead atoms. The Labute approximate surface area is 181 Å². The molecule has 162 valence electrons. The predicted octanol–water partition coefficient (Wildman–Crippen LogP) is 2.66. The Morgan fingerprint density at radius 3 is 2.68 bits per heavy atom. The van der Waals surface area contributed by atoms with Crippen LogP contribution in [-0.2, 0) is 0 Å². The van der Waals surface area contributed by atoms with E-state index in [9.17, 15) is 5.11 Å². The number of rotatable bonds is 5. The maximum Gasteiger partial charge on any atom is 0.230 e. The molecule has 0 amide bonds. The van der Waals surface area contributed by atoms with Crippen LogP contribution in [0.15, 0.2) is 41.3 Å². The zero-order valence-corrected chi connectivity index (χ0v) is 17.5. The average Bonchev–Trinajstić information content (AvgIpc) is 3.35. The number of hydrogen-bond acceptors (Lipinski definition) is 9. The van der Waals surface area contributed by atoms with Crippen LogP contribution in [0.5, 0.6) is 0 Å². The third kappa shape index (κ3) is 4.23. The smallest absolute Gasteiger partial charge is 0.230 e. The molecule has 0 radical (unpaired) electrons. The van der Waals surface area contributed by atoms with E-state index in [1.807, 2.05) is 18.2 Å². The van der Waals surface area contributed by atoms with Crippen molar-refractivity contribution in [1.29, 1.82) is 0 Å². The molecular weight excluding hydrogens is 394 g/mol. The quantitative estimate of drug-likeness (QED) is 0.665. The second-order valence-electron chi connectivity index (χ2n) is 8.19. The molecule has 3 aromatic rings. The summed E-state index contributed by atoms with van der Waals surface area (Å²) in [5.41, 5.74) is 0.724. The minimum Gasteiger partial charge on any atom is -0.394 e. The third-order valence-electron chi connectivity index (χ3n) is 6.27. The number of pyridine rings is 1. The van der Waals surface area contributed by atoms with Crippen molar-refractivity contribution in [1.82, 2.24) is 25.1 Å². The van der Waals surface area contributed by atoms with E-state index >= 15 is 0 Å². The van der Waals surface area contributed by atoms with Crippen molar-refractivity contribution in [2.45, 2.75) is 44.1 Å². The van der Waals surface area contributed by atoms with Crippen LogP contribution in [0.1, 0.15) is 43.9 Å². The normalized spacial score (nSPS) is 20.2. The lowest BCUT2D eigenvalue weighted by Crippen LogP contribution is -2.42. The lowest BCUT2D eigenvalue weighted by molar-refractivity contribution is 0.239. The molecule has 2 aliphatic rings. The first-order chi connectivity index (χ1) is 15.3. The second-order valence-corrected chi connectivity index (χ2v) is 8.19. The van der Waals surface area contributed by atoms with E-state index in [-0.39, 0.29) is 18.6 Å². The van der Waals surface area contributed by atoms with Crippen molar-refractivity contribution in [3.05, 3.63) is 42.7 Å². The standard InChI is InChI=1S/C22H27N7O2/c30-14-17-5-2-4-10-29(17)20-13-19(24-15-25-20)28-11-7-16(8-12-28)22-26-21(27-31-22)18-6-1-3-9-23-18/h1,3,6,9,13,15-17,30H,2,4-5,7-8,10-12,14H2. The second kappa shape index (κ2) is 8.97. The lowest BCUT2D eigenvalue weighted by Gasteiger charge is -2.36. The van der Waals surface area contributed by atoms with E-state index in [2.05, 4.69) is 41.0 Å². The number of piperidine rings is 2. The van der Waals surface area contributed by atoms with Crippen LogP contribution >= 0.6 is 0 Å². The molecule has 2 aliphatic heterocycles. The Kier molecular flexibility index (Phi) is 5.75. The third-order valence-corrected chi connectivity index (χ3v) is 6.27. The van der Waals surface area contributed by atoms with Gasteiger partial charge in [0, 0.05) is 37.8 Å². The van der Waals surface area contributed by atoms with Crippen molar-refractivity contribution < 1.29 is 9.63 Å². The summed E-state index contributed by atoms with van der Waals surface area (Å²) in [5.74, 6) is 3.30. The van der Waals surface area contributed by atoms with Gasteiger partial charge in [-0.3, -0.25) is 4.98 Å². The number of aliphatic hydroxyl groups is 1. The monoisotopic (exact) mass is 421 g/mol. The van der Waals surface area contributed by atoms with Gasteiger partial charge in [-0.05, 0) is 44.2 Å². The molecule has 5 rings (SSSR count). The van der Waals surface area contributed by atoms with Crippen molar-refractivity contribution in [3.63, 3.8) is 0 Å². The van der Waals surface area contributed by atoms with Crippen molar-refractivity contribution in [2.75, 3.05) is 36.0 Å². The van der Waals surface area contributed by atoms with Gasteiger partial charge in [-0.1, -0.05) is 11.2 Å². The molecule has 9 heteroatoms. The van der Waals surface area contributed by atoms with E-state index in [4.69, 9.17) is 4.52 Å². The Balaban J connectivity index is 1.24. The maximum absolute atomic E-state index is 9.73. The van der Waals surface area contributed by atoms with Gasteiger partial charge in [-0.15, -0.1) is 0 Å². The first kappa shape index (κ1) is 19.9. The number of hydrogen-bond donors (Lipinski definition) is 1. The largest absolute Gasteiger partial charge is 0.394 e. The van der Waals surface area contributed by atoms with Crippen molar-refractivity contribution in [3.8, 4) is 11.5 Å². The molecule has 3 aromatic heterocycles. The minimum atomic E-state index is 0.146. The summed E-state index contributed by atoms with van der Waals surface area (Å²) in [7, 11) is 0. The number of aliphatic hydroxyl groups excluding tert-OH is 1. The number of nitrogens with zero attached hydrogens (tertiary/aromatic N) is 7. The molecule has 0 aromatic carbocycles. The molecule has 2 fully saturated rings. The van der Waals surface area contributed by atoms with Gasteiger partial charge in [-0.2, -0.15) is 4.98 Å². The molecule has 2 saturated heterocycles. The number of anilines is 2. The van der Waals surface area contributed by atoms with Crippen LogP contribution < -0.4 is 9.80 Å². The van der Waals surface area contributed by atoms with Gasteiger partial charge < -0.3 is 19.4 Å². The van der Waals surface area contributed by atoms with E-state index in [1.165, 1.54) is 0 Å². The summed E-state index contributed by atoms with van der Waals surface area (Å²) in [5, 5.41) is 13.8. The first-order valence-electron chi connectivity index (χ1n) is 11.0. The van der Waals surface area contributed by atoms with Crippen LogP contribution in [-0.4, -0.2) is 62.5 Å². The highest BCUT2D eigenvalue weighted by Gasteiger charge is 2.28. The van der Waals surface area contributed by atoms with E-state index < -0.39 is 0 Å². The van der Waals surface area contributed by atoms with Gasteiger partial charge in [0.2, 0.25) is 11.7 Å². The highest BCUT2D eigenvalue weighted by atomic mass is 16.5. The Morgan fingerprint density at radius 1 is 1.00 bits per heavy atom. The van der Waals surface area contributed by atoms with Crippen LogP contribution in [0, 0.1) is 0 Å². The Bertz CT molecular complexity index is 988. The highest BCUT2D eigenvalue weighted by Crippen LogP contribution is 2.31. The van der Waals surface area contributed by atoms with Crippen LogP contribution in [0.25, 0.3) is 11.5 Å². The van der Waals surface area contributed by atoms with Gasteiger partial charge in [-0.25, -0.2) is 9.97 Å². The van der Waals surface area contributed by atoms with Gasteiger partial charge >= 0.3 is 0 Å². The molecule has 9 nitrogen and oxygen atoms in total. The summed E-state index contributed by atoms with van der Waals surface area (Å²) in [4.78, 5) is 22.4. The fraction of sp³-hybridized carbons (Fsp3) is 0.500. The van der Waals surface area contributed by atoms with Gasteiger partial charge in [0.1, 0.15) is 23.7 Å². The summed E-state index contributed by atoms with van der Waals surface area (Å²) in [6.45, 7) is 2.83. The molecular formula is C22H27N7O2. The average molecular weight is 422 g/mol. The van der Waals surface area contributed by atoms with E-state index in [0.29, 0.717) is 11.7 Å². The zero-order valence-electron chi connectivity index (χ0n) is 17.5. The molecule has 1 N–H and O–H groups in total. The van der Waals surface area contributed by atoms with Gasteiger partial charge in [0.25, 0.3) is 0 Å². The number of aromatic nitrogens is 5. The van der Waals surface area contributed by atoms with E-state index in [1.54, 1.807) is 12.5 Å². The molecule has 0 aliphatic carbocycles. The maximum atomic E-state index is 9.73. The predicted molar refractivity (Wildman–Crippen MR) is 116 cm³/mol. The molecule has 0 saturated carbocycles. The van der Waals surface area contributed by atoms with Crippen LogP contribution in [0.4, 0.5) is 11.6 Å². The molecule has 1 atom stereocenters. The Morgan fingerprint density at radius 2 is 1.87 bits per heavy atom. The van der Waals surface area contributed by atoms with Crippen molar-refractivity contribution >= 4 is 11.6 Å². The molecule has 31 heavy (non-hydrogen) atoms. The highest BCUT2D eigenvalue weighted by molar-refractivity contribution is 5.51. The fourth-order valence-corrected chi connectivity index (χ4v) is 4.51. The van der Waals surface area contributed by atoms with E-state index in [0.717, 1.165) is 69.1 Å². The zero-order chi connectivity index (χ0) is 21.0. The SMILES string of the molecule is OCC1CCCCN1c1cc(N2CCC(c3nc(-c4ccccn4)no3)CC2)ncn1. The summed E-state index contributed by atoms with van der Waals surface area (Å²) in [6.07, 6.45) is 8.50. The van der Waals surface area contributed by atoms with Crippen LogP contribution in [0.3, 0.4) is 0 Å². The van der Waals surface area contributed by atoms with Gasteiger partial charge in [0.15, 0.2) is 0 Å². The minimum absolute atomic E-state index is 0.146. The van der Waals surface area contributed by atoms with Gasteiger partial charge in [0.05, 0.1) is 12.6 Å². The fourth-order valence-electron chi connectivity index (χ4n) is 4.51.